The standard InChI is InChI=1S/C32H33N3O2S/c1-21-10-12-25(33-18-21)20-37-26-14-15-29-27(17-26)31(38-32(2,3)4)30(35(29)5)23(19-36)16-24-13-11-22-8-6-7-9-28(22)34-24/h6-15,17-19,23H,16,20H2,1-5H3. The number of aldehydes is 1. The molecule has 0 aliphatic heterocycles. The van der Waals surface area contributed by atoms with Gasteiger partial charge in [0.2, 0.25) is 0 Å². The van der Waals surface area contributed by atoms with Crippen molar-refractivity contribution < 1.29 is 9.53 Å². The van der Waals surface area contributed by atoms with Gasteiger partial charge in [-0.1, -0.05) is 51.1 Å². The van der Waals surface area contributed by atoms with Crippen LogP contribution in [0.4, 0.5) is 0 Å². The van der Waals surface area contributed by atoms with E-state index in [4.69, 9.17) is 9.72 Å². The fraction of sp³-hybridized carbons (Fsp3) is 0.281. The summed E-state index contributed by atoms with van der Waals surface area (Å²) in [7, 11) is 2.05. The van der Waals surface area contributed by atoms with E-state index in [1.54, 1.807) is 11.8 Å². The molecule has 1 unspecified atom stereocenters. The van der Waals surface area contributed by atoms with E-state index in [1.165, 1.54) is 0 Å². The molecular formula is C32H33N3O2S. The summed E-state index contributed by atoms with van der Waals surface area (Å²) in [5.74, 6) is 0.457. The lowest BCUT2D eigenvalue weighted by Crippen LogP contribution is -2.13. The predicted molar refractivity (Wildman–Crippen MR) is 156 cm³/mol. The van der Waals surface area contributed by atoms with Gasteiger partial charge in [-0.3, -0.25) is 9.97 Å². The highest BCUT2D eigenvalue weighted by atomic mass is 32.2. The SMILES string of the molecule is Cc1ccc(COc2ccc3c(c2)c(SC(C)(C)C)c(C(C=O)Cc2ccc4ccccc4n2)n3C)nc1. The maximum atomic E-state index is 12.6. The first-order valence-electron chi connectivity index (χ1n) is 12.9. The van der Waals surface area contributed by atoms with Crippen LogP contribution in [0.1, 0.15) is 49.3 Å². The number of pyridine rings is 2. The summed E-state index contributed by atoms with van der Waals surface area (Å²) in [6, 6.07) is 22.4. The Morgan fingerprint density at radius 1 is 1.03 bits per heavy atom. The Hall–Kier alpha value is -3.64. The van der Waals surface area contributed by atoms with Crippen LogP contribution >= 0.6 is 11.8 Å². The molecule has 194 valence electrons. The van der Waals surface area contributed by atoms with Gasteiger partial charge in [-0.05, 0) is 48.9 Å². The van der Waals surface area contributed by atoms with E-state index in [9.17, 15) is 4.79 Å². The molecule has 2 aromatic carbocycles. The van der Waals surface area contributed by atoms with Crippen molar-refractivity contribution in [2.24, 2.45) is 7.05 Å². The van der Waals surface area contributed by atoms with Crippen LogP contribution in [0.15, 0.2) is 77.8 Å². The fourth-order valence-corrected chi connectivity index (χ4v) is 6.01. The number of hydrogen-bond donors (Lipinski definition) is 0. The number of carbonyl (C=O) groups is 1. The molecule has 0 amide bonds. The molecule has 0 aliphatic carbocycles. The number of thioether (sulfide) groups is 1. The lowest BCUT2D eigenvalue weighted by Gasteiger charge is -2.21. The number of carbonyl (C=O) groups excluding carboxylic acids is 1. The van der Waals surface area contributed by atoms with E-state index < -0.39 is 0 Å². The molecule has 38 heavy (non-hydrogen) atoms. The van der Waals surface area contributed by atoms with Crippen LogP contribution in [0.25, 0.3) is 21.8 Å². The van der Waals surface area contributed by atoms with Crippen molar-refractivity contribution in [3.05, 3.63) is 95.6 Å². The number of hydrogen-bond acceptors (Lipinski definition) is 5. The molecule has 0 radical (unpaired) electrons. The van der Waals surface area contributed by atoms with E-state index >= 15 is 0 Å². The van der Waals surface area contributed by atoms with Crippen LogP contribution in [0, 0.1) is 6.92 Å². The van der Waals surface area contributed by atoms with Crippen molar-refractivity contribution in [3.63, 3.8) is 0 Å². The lowest BCUT2D eigenvalue weighted by molar-refractivity contribution is -0.109. The summed E-state index contributed by atoms with van der Waals surface area (Å²) in [5, 5.41) is 2.19. The monoisotopic (exact) mass is 523 g/mol. The highest BCUT2D eigenvalue weighted by Gasteiger charge is 2.27. The van der Waals surface area contributed by atoms with Crippen LogP contribution in [0.2, 0.25) is 0 Å². The highest BCUT2D eigenvalue weighted by molar-refractivity contribution is 8.00. The van der Waals surface area contributed by atoms with Crippen molar-refractivity contribution in [2.45, 2.75) is 56.3 Å². The molecule has 0 fully saturated rings. The molecule has 5 nitrogen and oxygen atoms in total. The smallest absolute Gasteiger partial charge is 0.130 e. The molecule has 0 aliphatic rings. The molecule has 0 spiro atoms. The summed E-state index contributed by atoms with van der Waals surface area (Å²) in [5.41, 5.74) is 5.96. The van der Waals surface area contributed by atoms with Crippen molar-refractivity contribution >= 4 is 39.9 Å². The predicted octanol–water partition coefficient (Wildman–Crippen LogP) is 7.42. The minimum absolute atomic E-state index is 0.0413. The van der Waals surface area contributed by atoms with Gasteiger partial charge in [0, 0.05) is 57.0 Å². The van der Waals surface area contributed by atoms with Crippen molar-refractivity contribution in [1.29, 1.82) is 0 Å². The number of aromatic nitrogens is 3. The van der Waals surface area contributed by atoms with E-state index in [0.29, 0.717) is 13.0 Å². The van der Waals surface area contributed by atoms with Gasteiger partial charge in [0.1, 0.15) is 18.6 Å². The lowest BCUT2D eigenvalue weighted by atomic mass is 9.99. The maximum absolute atomic E-state index is 12.6. The molecule has 5 aromatic rings. The van der Waals surface area contributed by atoms with Gasteiger partial charge in [0.15, 0.2) is 0 Å². The Labute approximate surface area is 228 Å². The van der Waals surface area contributed by atoms with Crippen molar-refractivity contribution in [3.8, 4) is 5.75 Å². The van der Waals surface area contributed by atoms with Gasteiger partial charge < -0.3 is 14.1 Å². The first-order valence-corrected chi connectivity index (χ1v) is 13.7. The first kappa shape index (κ1) is 26.0. The topological polar surface area (TPSA) is 57.0 Å². The second-order valence-electron chi connectivity index (χ2n) is 10.7. The highest BCUT2D eigenvalue weighted by Crippen LogP contribution is 2.44. The zero-order valence-electron chi connectivity index (χ0n) is 22.6. The number of fused-ring (bicyclic) bond motifs is 2. The van der Waals surface area contributed by atoms with Crippen LogP contribution in [-0.4, -0.2) is 25.6 Å². The molecule has 0 saturated heterocycles. The molecule has 1 atom stereocenters. The fourth-order valence-electron chi connectivity index (χ4n) is 4.73. The van der Waals surface area contributed by atoms with Crippen LogP contribution < -0.4 is 4.74 Å². The van der Waals surface area contributed by atoms with Crippen LogP contribution in [-0.2, 0) is 24.9 Å². The van der Waals surface area contributed by atoms with Crippen LogP contribution in [0.3, 0.4) is 0 Å². The molecule has 0 bridgehead atoms. The second-order valence-corrected chi connectivity index (χ2v) is 12.6. The molecular weight excluding hydrogens is 490 g/mol. The zero-order valence-corrected chi connectivity index (χ0v) is 23.4. The summed E-state index contributed by atoms with van der Waals surface area (Å²) in [6.07, 6.45) is 3.46. The van der Waals surface area contributed by atoms with Crippen molar-refractivity contribution in [1.82, 2.24) is 14.5 Å². The van der Waals surface area contributed by atoms with Gasteiger partial charge in [-0.2, -0.15) is 0 Å². The third-order valence-corrected chi connectivity index (χ3v) is 7.78. The maximum Gasteiger partial charge on any atom is 0.130 e. The number of benzene rings is 2. The quantitative estimate of drug-likeness (QED) is 0.156. The van der Waals surface area contributed by atoms with E-state index in [1.807, 2.05) is 62.6 Å². The zero-order chi connectivity index (χ0) is 26.9. The Morgan fingerprint density at radius 2 is 1.82 bits per heavy atom. The number of nitrogens with zero attached hydrogens (tertiary/aromatic N) is 3. The normalized spacial score (nSPS) is 12.7. The van der Waals surface area contributed by atoms with E-state index in [2.05, 4.69) is 54.6 Å². The number of aryl methyl sites for hydroxylation is 2. The summed E-state index contributed by atoms with van der Waals surface area (Å²) in [4.78, 5) is 23.0. The summed E-state index contributed by atoms with van der Waals surface area (Å²) < 4.78 is 8.26. The molecule has 6 heteroatoms. The van der Waals surface area contributed by atoms with Gasteiger partial charge in [-0.25, -0.2) is 0 Å². The third-order valence-electron chi connectivity index (χ3n) is 6.54. The van der Waals surface area contributed by atoms with Gasteiger partial charge in [0.05, 0.1) is 17.1 Å². The van der Waals surface area contributed by atoms with E-state index in [-0.39, 0.29) is 10.7 Å². The van der Waals surface area contributed by atoms with Crippen LogP contribution in [0.5, 0.6) is 5.75 Å². The minimum Gasteiger partial charge on any atom is -0.487 e. The van der Waals surface area contributed by atoms with Gasteiger partial charge in [0.25, 0.3) is 0 Å². The Kier molecular flexibility index (Phi) is 7.26. The Balaban J connectivity index is 1.52. The minimum atomic E-state index is -0.327. The molecule has 0 saturated carbocycles. The molecule has 5 rings (SSSR count). The number of ether oxygens (including phenoxy) is 1. The molecule has 0 N–H and O–H groups in total. The average Bonchev–Trinajstić information content (AvgIpc) is 3.16. The first-order chi connectivity index (χ1) is 18.2. The average molecular weight is 524 g/mol. The molecule has 3 heterocycles. The van der Waals surface area contributed by atoms with Crippen molar-refractivity contribution in [2.75, 3.05) is 0 Å². The second kappa shape index (κ2) is 10.6. The van der Waals surface area contributed by atoms with E-state index in [0.717, 1.165) is 61.4 Å². The Morgan fingerprint density at radius 3 is 2.55 bits per heavy atom. The number of para-hydroxylation sites is 1. The molecule has 3 aromatic heterocycles. The third kappa shape index (κ3) is 5.60. The summed E-state index contributed by atoms with van der Waals surface area (Å²) in [6.45, 7) is 9.02. The Bertz CT molecular complexity index is 1600. The van der Waals surface area contributed by atoms with Gasteiger partial charge >= 0.3 is 0 Å². The van der Waals surface area contributed by atoms with Gasteiger partial charge in [-0.15, -0.1) is 11.8 Å². The number of rotatable bonds is 8. The largest absolute Gasteiger partial charge is 0.487 e. The summed E-state index contributed by atoms with van der Waals surface area (Å²) >= 11 is 1.79.